The van der Waals surface area contributed by atoms with Crippen molar-refractivity contribution in [3.05, 3.63) is 136 Å². The van der Waals surface area contributed by atoms with Gasteiger partial charge < -0.3 is 0 Å². The van der Waals surface area contributed by atoms with E-state index in [-0.39, 0.29) is 0 Å². The highest BCUT2D eigenvalue weighted by Crippen LogP contribution is 2.67. The average molecular weight is 599 g/mol. The summed E-state index contributed by atoms with van der Waals surface area (Å²) in [6.07, 6.45) is 3.93. The number of halogens is 2. The second kappa shape index (κ2) is 7.76. The van der Waals surface area contributed by atoms with Crippen LogP contribution in [0.15, 0.2) is 103 Å². The topological polar surface area (TPSA) is 12.9 Å². The van der Waals surface area contributed by atoms with E-state index in [1.54, 1.807) is 0 Å². The van der Waals surface area contributed by atoms with Gasteiger partial charge in [0.05, 0.1) is 15.5 Å². The number of fused-ring (bicyclic) bond motifs is 18. The monoisotopic (exact) mass is 597 g/mol. The molecular weight excluding hydrogens is 581 g/mol. The minimum atomic E-state index is -0.540. The van der Waals surface area contributed by atoms with E-state index in [0.717, 1.165) is 20.8 Å². The van der Waals surface area contributed by atoms with Crippen LogP contribution in [0.25, 0.3) is 62.6 Å². The molecule has 0 saturated heterocycles. The molecule has 41 heavy (non-hydrogen) atoms. The fourth-order valence-corrected chi connectivity index (χ4v) is 10.9. The van der Waals surface area contributed by atoms with Gasteiger partial charge in [-0.2, -0.15) is 0 Å². The van der Waals surface area contributed by atoms with Gasteiger partial charge in [-0.3, -0.25) is 4.98 Å². The maximum absolute atomic E-state index is 7.30. The second-order valence-corrected chi connectivity index (χ2v) is 13.8. The molecule has 192 valence electrons. The number of nitrogens with zero attached hydrogens (tertiary/aromatic N) is 1. The van der Waals surface area contributed by atoms with E-state index in [1.807, 2.05) is 35.1 Å². The summed E-state index contributed by atoms with van der Waals surface area (Å²) in [7, 11) is 0. The fourth-order valence-electron chi connectivity index (χ4n) is 7.64. The first-order chi connectivity index (χ1) is 20.2. The summed E-state index contributed by atoms with van der Waals surface area (Å²) >= 11 is 18.3. The third-order valence-corrected chi connectivity index (χ3v) is 12.1. The van der Waals surface area contributed by atoms with Gasteiger partial charge in [0, 0.05) is 69.4 Å². The third-order valence-electron chi connectivity index (χ3n) is 9.11. The Labute approximate surface area is 253 Å². The van der Waals surface area contributed by atoms with Crippen molar-refractivity contribution in [2.45, 2.75) is 5.41 Å². The predicted molar refractivity (Wildman–Crippen MR) is 176 cm³/mol. The van der Waals surface area contributed by atoms with Gasteiger partial charge in [-0.1, -0.05) is 83.9 Å². The van der Waals surface area contributed by atoms with Crippen LogP contribution in [-0.4, -0.2) is 4.98 Å². The lowest BCUT2D eigenvalue weighted by Crippen LogP contribution is -2.26. The molecule has 3 heterocycles. The van der Waals surface area contributed by atoms with Crippen molar-refractivity contribution in [3.8, 4) is 22.3 Å². The molecule has 0 amide bonds. The first-order valence-electron chi connectivity index (χ1n) is 13.5. The first kappa shape index (κ1) is 22.9. The van der Waals surface area contributed by atoms with Gasteiger partial charge in [0.2, 0.25) is 0 Å². The van der Waals surface area contributed by atoms with Gasteiger partial charge in [-0.05, 0) is 58.1 Å². The molecule has 0 atom stereocenters. The Kier molecular flexibility index (Phi) is 4.33. The first-order valence-corrected chi connectivity index (χ1v) is 15.9. The largest absolute Gasteiger partial charge is 0.264 e. The zero-order valence-electron chi connectivity index (χ0n) is 21.3. The normalized spacial score (nSPS) is 14.3. The molecular formula is C36H17Cl2NS2. The Balaban J connectivity index is 1.52. The van der Waals surface area contributed by atoms with Crippen molar-refractivity contribution >= 4 is 86.2 Å². The lowest BCUT2D eigenvalue weighted by atomic mass is 9.70. The zero-order chi connectivity index (χ0) is 27.0. The number of aromatic nitrogens is 1. The van der Waals surface area contributed by atoms with Gasteiger partial charge in [0.15, 0.2) is 0 Å². The molecule has 5 heteroatoms. The van der Waals surface area contributed by atoms with Crippen LogP contribution in [0, 0.1) is 0 Å². The Morgan fingerprint density at radius 3 is 1.73 bits per heavy atom. The maximum Gasteiger partial charge on any atom is 0.0728 e. The number of pyridine rings is 1. The van der Waals surface area contributed by atoms with Crippen LogP contribution in [0.2, 0.25) is 10.0 Å². The van der Waals surface area contributed by atoms with Gasteiger partial charge in [0.25, 0.3) is 0 Å². The average Bonchev–Trinajstić information content (AvgIpc) is 3.72. The smallest absolute Gasteiger partial charge is 0.0728 e. The van der Waals surface area contributed by atoms with Crippen LogP contribution in [0.3, 0.4) is 0 Å². The van der Waals surface area contributed by atoms with Crippen LogP contribution in [0.4, 0.5) is 0 Å². The lowest BCUT2D eigenvalue weighted by molar-refractivity contribution is 0.794. The molecule has 0 unspecified atom stereocenters. The summed E-state index contributed by atoms with van der Waals surface area (Å²) in [4.78, 5) is 4.57. The van der Waals surface area contributed by atoms with E-state index in [0.29, 0.717) is 0 Å². The highest BCUT2D eigenvalue weighted by molar-refractivity contribution is 7.27. The van der Waals surface area contributed by atoms with Crippen molar-refractivity contribution < 1.29 is 0 Å². The predicted octanol–water partition coefficient (Wildman–Crippen LogP) is 11.5. The quantitative estimate of drug-likeness (QED) is 0.169. The van der Waals surface area contributed by atoms with Crippen LogP contribution in [0.1, 0.15) is 22.3 Å². The van der Waals surface area contributed by atoms with Crippen LogP contribution < -0.4 is 0 Å². The molecule has 1 spiro atoms. The van der Waals surface area contributed by atoms with Gasteiger partial charge in [0.1, 0.15) is 0 Å². The molecule has 2 aliphatic rings. The summed E-state index contributed by atoms with van der Waals surface area (Å²) < 4.78 is 4.98. The second-order valence-electron chi connectivity index (χ2n) is 10.9. The number of thiophene rings is 2. The van der Waals surface area contributed by atoms with Crippen molar-refractivity contribution in [1.82, 2.24) is 4.98 Å². The molecule has 0 N–H and O–H groups in total. The molecule has 0 aliphatic heterocycles. The molecule has 8 aromatic rings. The van der Waals surface area contributed by atoms with Crippen LogP contribution >= 0.6 is 45.9 Å². The number of hydrogen-bond donors (Lipinski definition) is 0. The molecule has 2 aliphatic carbocycles. The molecule has 1 nitrogen and oxygen atoms in total. The number of hydrogen-bond acceptors (Lipinski definition) is 3. The number of rotatable bonds is 0. The fraction of sp³-hybridized carbons (Fsp3) is 0.0278. The molecule has 5 aromatic carbocycles. The van der Waals surface area contributed by atoms with E-state index in [9.17, 15) is 0 Å². The summed E-state index contributed by atoms with van der Waals surface area (Å²) in [5, 5.41) is 6.28. The standard InChI is InChI=1S/C36H17Cl2NS2/c37-26-15-24-32(34-30(26)19-8-2-5-11-28(19)40-34)33-25(16-27(38)31-20-9-3-6-12-29(20)41-35(31)33)36(24)22-10-4-1-7-18(22)21-17-39-14-13-23(21)36/h1-17H. The third kappa shape index (κ3) is 2.59. The maximum atomic E-state index is 7.30. The van der Waals surface area contributed by atoms with Crippen molar-refractivity contribution in [3.63, 3.8) is 0 Å². The minimum Gasteiger partial charge on any atom is -0.264 e. The molecule has 0 bridgehead atoms. The summed E-state index contributed by atoms with van der Waals surface area (Å²) in [5.41, 5.74) is 9.38. The summed E-state index contributed by atoms with van der Waals surface area (Å²) in [6, 6.07) is 32.7. The van der Waals surface area contributed by atoms with Crippen molar-refractivity contribution in [1.29, 1.82) is 0 Å². The van der Waals surface area contributed by atoms with Crippen molar-refractivity contribution in [2.75, 3.05) is 0 Å². The lowest BCUT2D eigenvalue weighted by Gasteiger charge is -2.30. The highest BCUT2D eigenvalue weighted by Gasteiger charge is 2.53. The summed E-state index contributed by atoms with van der Waals surface area (Å²) in [5.74, 6) is 0. The molecule has 0 fully saturated rings. The van der Waals surface area contributed by atoms with E-state index < -0.39 is 5.41 Å². The SMILES string of the molecule is Clc1cc2c(c3sc4ccccc4c13)-c1c(cc(Cl)c3c1sc1ccccc13)C21c2ccccc2-c2cnccc21. The van der Waals surface area contributed by atoms with Gasteiger partial charge >= 0.3 is 0 Å². The highest BCUT2D eigenvalue weighted by atomic mass is 35.5. The Morgan fingerprint density at radius 1 is 0.561 bits per heavy atom. The van der Waals surface area contributed by atoms with E-state index >= 15 is 0 Å². The van der Waals surface area contributed by atoms with Crippen LogP contribution in [-0.2, 0) is 5.41 Å². The van der Waals surface area contributed by atoms with Crippen molar-refractivity contribution in [2.24, 2.45) is 0 Å². The van der Waals surface area contributed by atoms with E-state index in [2.05, 4.69) is 96.0 Å². The molecule has 0 saturated carbocycles. The van der Waals surface area contributed by atoms with E-state index in [4.69, 9.17) is 23.2 Å². The Bertz CT molecular complexity index is 2290. The van der Waals surface area contributed by atoms with Gasteiger partial charge in [-0.25, -0.2) is 0 Å². The minimum absolute atomic E-state index is 0.540. The molecule has 0 radical (unpaired) electrons. The number of benzene rings is 5. The Morgan fingerprint density at radius 2 is 1.10 bits per heavy atom. The molecule has 3 aromatic heterocycles. The summed E-state index contributed by atoms with van der Waals surface area (Å²) in [6.45, 7) is 0. The Hall–Kier alpha value is -3.73. The van der Waals surface area contributed by atoms with Gasteiger partial charge in [-0.15, -0.1) is 22.7 Å². The zero-order valence-corrected chi connectivity index (χ0v) is 24.5. The molecule has 10 rings (SSSR count). The van der Waals surface area contributed by atoms with E-state index in [1.165, 1.54) is 74.1 Å². The van der Waals surface area contributed by atoms with Crippen LogP contribution in [0.5, 0.6) is 0 Å².